The molecule has 5 nitrogen and oxygen atoms in total. The van der Waals surface area contributed by atoms with Crippen LogP contribution in [0, 0.1) is 0 Å². The van der Waals surface area contributed by atoms with Gasteiger partial charge >= 0.3 is 0 Å². The summed E-state index contributed by atoms with van der Waals surface area (Å²) in [5, 5.41) is 8.51. The molecule has 1 aliphatic carbocycles. The summed E-state index contributed by atoms with van der Waals surface area (Å²) in [6, 6.07) is 0.0284. The largest absolute Gasteiger partial charge is 0.335 e. The van der Waals surface area contributed by atoms with Gasteiger partial charge in [-0.2, -0.15) is 0 Å². The molecule has 122 valence electrons. The van der Waals surface area contributed by atoms with E-state index in [4.69, 9.17) is 0 Å². The van der Waals surface area contributed by atoms with E-state index in [2.05, 4.69) is 10.3 Å². The molecule has 0 spiro atoms. The van der Waals surface area contributed by atoms with Crippen LogP contribution in [-0.4, -0.2) is 44.1 Å². The van der Waals surface area contributed by atoms with Crippen molar-refractivity contribution in [2.45, 2.75) is 76.5 Å². The number of hydrogen-bond donors (Lipinski definition) is 0. The zero-order chi connectivity index (χ0) is 15.7. The van der Waals surface area contributed by atoms with Gasteiger partial charge in [-0.25, -0.2) is 4.39 Å². The first-order valence-electron chi connectivity index (χ1n) is 8.35. The highest BCUT2D eigenvalue weighted by molar-refractivity contribution is 5.84. The van der Waals surface area contributed by atoms with Crippen LogP contribution in [0.1, 0.15) is 64.0 Å². The molecule has 0 aromatic carbocycles. The average molecular weight is 308 g/mol. The van der Waals surface area contributed by atoms with E-state index in [-0.39, 0.29) is 6.04 Å². The van der Waals surface area contributed by atoms with Gasteiger partial charge in [0.05, 0.1) is 18.3 Å². The van der Waals surface area contributed by atoms with E-state index >= 15 is 0 Å². The van der Waals surface area contributed by atoms with Gasteiger partial charge in [-0.05, 0) is 39.5 Å². The first-order chi connectivity index (χ1) is 10.4. The number of rotatable bonds is 4. The number of alkyl halides is 1. The first-order valence-corrected chi connectivity index (χ1v) is 8.35. The molecule has 1 aromatic heterocycles. The summed E-state index contributed by atoms with van der Waals surface area (Å²) < 4.78 is 15.8. The zero-order valence-corrected chi connectivity index (χ0v) is 13.5. The molecule has 2 fully saturated rings. The van der Waals surface area contributed by atoms with E-state index in [1.807, 2.05) is 10.9 Å². The minimum absolute atomic E-state index is 0.0284. The van der Waals surface area contributed by atoms with Gasteiger partial charge in [-0.15, -0.1) is 5.10 Å². The topological polar surface area (TPSA) is 51.0 Å². The van der Waals surface area contributed by atoms with Gasteiger partial charge in [0.2, 0.25) is 0 Å². The molecule has 6 heteroatoms. The Morgan fingerprint density at radius 2 is 2.05 bits per heavy atom. The first kappa shape index (κ1) is 15.4. The average Bonchev–Trinajstić information content (AvgIpc) is 3.18. The minimum Gasteiger partial charge on any atom is -0.335 e. The number of carbonyl (C=O) groups is 1. The number of nitrogens with zero attached hydrogens (tertiary/aromatic N) is 4. The van der Waals surface area contributed by atoms with Crippen LogP contribution in [0.15, 0.2) is 6.20 Å². The third-order valence-electron chi connectivity index (χ3n) is 4.87. The molecule has 1 aromatic rings. The van der Waals surface area contributed by atoms with Crippen molar-refractivity contribution < 1.29 is 9.18 Å². The molecule has 2 heterocycles. The van der Waals surface area contributed by atoms with Gasteiger partial charge in [0.1, 0.15) is 0 Å². The maximum Gasteiger partial charge on any atom is 0.259 e. The Hall–Kier alpha value is -1.46. The van der Waals surface area contributed by atoms with Crippen molar-refractivity contribution in [3.8, 4) is 0 Å². The Morgan fingerprint density at radius 1 is 1.32 bits per heavy atom. The van der Waals surface area contributed by atoms with Crippen LogP contribution in [0.3, 0.4) is 0 Å². The second kappa shape index (κ2) is 5.97. The lowest BCUT2D eigenvalue weighted by Crippen LogP contribution is -2.46. The minimum atomic E-state index is -1.81. The summed E-state index contributed by atoms with van der Waals surface area (Å²) in [6.45, 7) is 3.92. The Bertz CT molecular complexity index is 530. The molecule has 1 saturated heterocycles. The summed E-state index contributed by atoms with van der Waals surface area (Å²) in [5.74, 6) is 0.131. The molecule has 0 bridgehead atoms. The Balaban J connectivity index is 1.66. The maximum absolute atomic E-state index is 13.9. The molecule has 3 rings (SSSR count). The smallest absolute Gasteiger partial charge is 0.259 e. The van der Waals surface area contributed by atoms with Crippen LogP contribution in [-0.2, 0) is 11.3 Å². The van der Waals surface area contributed by atoms with Gasteiger partial charge in [-0.1, -0.05) is 18.1 Å². The van der Waals surface area contributed by atoms with E-state index in [1.54, 1.807) is 4.90 Å². The van der Waals surface area contributed by atoms with Crippen LogP contribution in [0.25, 0.3) is 0 Å². The molecule has 1 aliphatic heterocycles. The highest BCUT2D eigenvalue weighted by atomic mass is 19.1. The number of likely N-dealkylation sites (tertiary alicyclic amines) is 1. The lowest BCUT2D eigenvalue weighted by molar-refractivity contribution is -0.143. The SMILES string of the molecule is CC(C)(F)C(=O)N1CCCC1Cn1cc(C2CCCC2)nn1. The number of carbonyl (C=O) groups excluding carboxylic acids is 1. The maximum atomic E-state index is 13.9. The number of aromatic nitrogens is 3. The van der Waals surface area contributed by atoms with E-state index in [9.17, 15) is 9.18 Å². The van der Waals surface area contributed by atoms with Gasteiger partial charge in [-0.3, -0.25) is 9.48 Å². The summed E-state index contributed by atoms with van der Waals surface area (Å²) in [7, 11) is 0. The van der Waals surface area contributed by atoms with Crippen molar-refractivity contribution >= 4 is 5.91 Å². The second-order valence-corrected chi connectivity index (χ2v) is 7.11. The van der Waals surface area contributed by atoms with E-state index in [0.29, 0.717) is 19.0 Å². The van der Waals surface area contributed by atoms with Crippen molar-refractivity contribution in [3.63, 3.8) is 0 Å². The van der Waals surface area contributed by atoms with E-state index < -0.39 is 11.6 Å². The molecule has 1 atom stereocenters. The predicted molar refractivity (Wildman–Crippen MR) is 81.2 cm³/mol. The molecular formula is C16H25FN4O. The molecule has 2 aliphatic rings. The standard InChI is InChI=1S/C16H25FN4O/c1-16(2,17)15(22)21-9-5-8-13(21)10-20-11-14(18-19-20)12-6-3-4-7-12/h11-13H,3-10H2,1-2H3. The molecule has 0 radical (unpaired) electrons. The fourth-order valence-corrected chi connectivity index (χ4v) is 3.66. The molecule has 1 amide bonds. The highest BCUT2D eigenvalue weighted by Gasteiger charge is 2.38. The molecule has 1 unspecified atom stereocenters. The van der Waals surface area contributed by atoms with Crippen LogP contribution in [0.4, 0.5) is 4.39 Å². The van der Waals surface area contributed by atoms with Crippen molar-refractivity contribution in [2.24, 2.45) is 0 Å². The fourth-order valence-electron chi connectivity index (χ4n) is 3.66. The Kier molecular flexibility index (Phi) is 4.19. The van der Waals surface area contributed by atoms with Crippen LogP contribution in [0.2, 0.25) is 0 Å². The van der Waals surface area contributed by atoms with Crippen molar-refractivity contribution in [2.75, 3.05) is 6.54 Å². The quantitative estimate of drug-likeness (QED) is 0.859. The monoisotopic (exact) mass is 308 g/mol. The zero-order valence-electron chi connectivity index (χ0n) is 13.5. The normalized spacial score (nSPS) is 23.4. The third-order valence-corrected chi connectivity index (χ3v) is 4.87. The molecular weight excluding hydrogens is 283 g/mol. The number of hydrogen-bond acceptors (Lipinski definition) is 3. The Labute approximate surface area is 130 Å². The van der Waals surface area contributed by atoms with Gasteiger partial charge in [0.25, 0.3) is 5.91 Å². The van der Waals surface area contributed by atoms with E-state index in [0.717, 1.165) is 18.5 Å². The summed E-state index contributed by atoms with van der Waals surface area (Å²) in [4.78, 5) is 13.9. The van der Waals surface area contributed by atoms with Gasteiger partial charge in [0, 0.05) is 18.7 Å². The molecule has 22 heavy (non-hydrogen) atoms. The van der Waals surface area contributed by atoms with Crippen molar-refractivity contribution in [3.05, 3.63) is 11.9 Å². The highest BCUT2D eigenvalue weighted by Crippen LogP contribution is 2.32. The van der Waals surface area contributed by atoms with Crippen LogP contribution < -0.4 is 0 Å². The third kappa shape index (κ3) is 3.15. The van der Waals surface area contributed by atoms with Crippen LogP contribution in [0.5, 0.6) is 0 Å². The molecule has 0 N–H and O–H groups in total. The fraction of sp³-hybridized carbons (Fsp3) is 0.812. The summed E-state index contributed by atoms with van der Waals surface area (Å²) >= 11 is 0. The summed E-state index contributed by atoms with van der Waals surface area (Å²) in [5.41, 5.74) is -0.737. The lowest BCUT2D eigenvalue weighted by Gasteiger charge is -2.28. The van der Waals surface area contributed by atoms with Crippen molar-refractivity contribution in [1.29, 1.82) is 0 Å². The lowest BCUT2D eigenvalue weighted by atomic mass is 10.1. The van der Waals surface area contributed by atoms with Crippen molar-refractivity contribution in [1.82, 2.24) is 19.9 Å². The summed E-state index contributed by atoms with van der Waals surface area (Å²) in [6.07, 6.45) is 8.78. The van der Waals surface area contributed by atoms with E-state index in [1.165, 1.54) is 39.5 Å². The van der Waals surface area contributed by atoms with Gasteiger partial charge in [0.15, 0.2) is 5.67 Å². The molecule has 1 saturated carbocycles. The number of amides is 1. The number of halogens is 1. The van der Waals surface area contributed by atoms with Gasteiger partial charge < -0.3 is 4.90 Å². The second-order valence-electron chi connectivity index (χ2n) is 7.11. The Morgan fingerprint density at radius 3 is 2.73 bits per heavy atom. The van der Waals surface area contributed by atoms with Crippen LogP contribution >= 0.6 is 0 Å². The predicted octanol–water partition coefficient (Wildman–Crippen LogP) is 2.67.